The first-order valence-corrected chi connectivity index (χ1v) is 6.68. The Labute approximate surface area is 106 Å². The second kappa shape index (κ2) is 5.76. The molecular formula is C12H13FN2O2S. The number of benzene rings is 1. The molecule has 0 saturated carbocycles. The van der Waals surface area contributed by atoms with Gasteiger partial charge in [0.15, 0.2) is 0 Å². The molecule has 0 amide bonds. The molecule has 0 aromatic heterocycles. The summed E-state index contributed by atoms with van der Waals surface area (Å²) in [7, 11) is -3.72. The van der Waals surface area contributed by atoms with E-state index < -0.39 is 15.8 Å². The Morgan fingerprint density at radius 2 is 2.17 bits per heavy atom. The summed E-state index contributed by atoms with van der Waals surface area (Å²) in [6.45, 7) is 3.85. The SMILES string of the molecule is CC(C)=CCNS(=O)(=O)c1ccc(F)c(C#N)c1. The van der Waals surface area contributed by atoms with Gasteiger partial charge in [-0.25, -0.2) is 17.5 Å². The lowest BCUT2D eigenvalue weighted by Gasteiger charge is -2.05. The highest BCUT2D eigenvalue weighted by Gasteiger charge is 2.15. The largest absolute Gasteiger partial charge is 0.240 e. The molecule has 4 nitrogen and oxygen atoms in total. The van der Waals surface area contributed by atoms with Crippen LogP contribution in [0.25, 0.3) is 0 Å². The van der Waals surface area contributed by atoms with Crippen molar-refractivity contribution in [2.45, 2.75) is 18.7 Å². The van der Waals surface area contributed by atoms with Crippen molar-refractivity contribution in [1.82, 2.24) is 4.72 Å². The lowest BCUT2D eigenvalue weighted by Crippen LogP contribution is -2.24. The number of nitriles is 1. The van der Waals surface area contributed by atoms with Crippen molar-refractivity contribution in [3.63, 3.8) is 0 Å². The fraction of sp³-hybridized carbons (Fsp3) is 0.250. The monoisotopic (exact) mass is 268 g/mol. The number of sulfonamides is 1. The first-order chi connectivity index (χ1) is 8.36. The van der Waals surface area contributed by atoms with E-state index in [0.29, 0.717) is 0 Å². The summed E-state index contributed by atoms with van der Waals surface area (Å²) < 4.78 is 39.1. The predicted molar refractivity (Wildman–Crippen MR) is 65.7 cm³/mol. The van der Waals surface area contributed by atoms with Crippen molar-refractivity contribution in [2.24, 2.45) is 0 Å². The molecule has 0 saturated heterocycles. The molecule has 0 aliphatic carbocycles. The van der Waals surface area contributed by atoms with Gasteiger partial charge in [-0.3, -0.25) is 0 Å². The second-order valence-electron chi connectivity index (χ2n) is 3.89. The Morgan fingerprint density at radius 1 is 1.50 bits per heavy atom. The van der Waals surface area contributed by atoms with E-state index in [9.17, 15) is 12.8 Å². The standard InChI is InChI=1S/C12H13FN2O2S/c1-9(2)5-6-15-18(16,17)11-3-4-12(13)10(7-11)8-14/h3-5,7,15H,6H2,1-2H3. The highest BCUT2D eigenvalue weighted by molar-refractivity contribution is 7.89. The van der Waals surface area contributed by atoms with Crippen molar-refractivity contribution in [2.75, 3.05) is 6.54 Å². The second-order valence-corrected chi connectivity index (χ2v) is 5.65. The number of halogens is 1. The maximum Gasteiger partial charge on any atom is 0.240 e. The van der Waals surface area contributed by atoms with Crippen molar-refractivity contribution in [3.8, 4) is 6.07 Å². The molecule has 0 bridgehead atoms. The van der Waals surface area contributed by atoms with E-state index >= 15 is 0 Å². The molecule has 1 rings (SSSR count). The number of nitrogens with zero attached hydrogens (tertiary/aromatic N) is 1. The molecule has 0 radical (unpaired) electrons. The molecule has 18 heavy (non-hydrogen) atoms. The van der Waals surface area contributed by atoms with E-state index in [0.717, 1.165) is 23.8 Å². The number of hydrogen-bond donors (Lipinski definition) is 1. The molecule has 0 aliphatic heterocycles. The molecule has 1 N–H and O–H groups in total. The van der Waals surface area contributed by atoms with Crippen LogP contribution in [-0.4, -0.2) is 15.0 Å². The summed E-state index contributed by atoms with van der Waals surface area (Å²) >= 11 is 0. The maximum atomic E-state index is 13.1. The summed E-state index contributed by atoms with van der Waals surface area (Å²) in [5.74, 6) is -0.735. The Morgan fingerprint density at radius 3 is 2.72 bits per heavy atom. The molecule has 0 aliphatic rings. The summed E-state index contributed by atoms with van der Waals surface area (Å²) in [6.07, 6.45) is 1.71. The third kappa shape index (κ3) is 3.65. The third-order valence-electron chi connectivity index (χ3n) is 2.15. The zero-order valence-corrected chi connectivity index (χ0v) is 10.9. The van der Waals surface area contributed by atoms with Gasteiger partial charge in [0.05, 0.1) is 10.5 Å². The first-order valence-electron chi connectivity index (χ1n) is 5.19. The van der Waals surface area contributed by atoms with Gasteiger partial charge in [0.1, 0.15) is 11.9 Å². The minimum atomic E-state index is -3.72. The van der Waals surface area contributed by atoms with Crippen molar-refractivity contribution in [3.05, 3.63) is 41.2 Å². The normalized spacial score (nSPS) is 10.8. The minimum absolute atomic E-state index is 0.123. The Bertz CT molecular complexity index is 611. The molecule has 0 spiro atoms. The summed E-state index contributed by atoms with van der Waals surface area (Å²) in [4.78, 5) is -0.123. The number of hydrogen-bond acceptors (Lipinski definition) is 3. The topological polar surface area (TPSA) is 70.0 Å². The molecule has 0 fully saturated rings. The molecule has 0 atom stereocenters. The van der Waals surface area contributed by atoms with Crippen LogP contribution in [0.4, 0.5) is 4.39 Å². The zero-order valence-electron chi connectivity index (χ0n) is 10.1. The van der Waals surface area contributed by atoms with Gasteiger partial charge >= 0.3 is 0 Å². The number of rotatable bonds is 4. The van der Waals surface area contributed by atoms with Gasteiger partial charge in [0, 0.05) is 6.54 Å². The van der Waals surface area contributed by atoms with Gasteiger partial charge in [-0.1, -0.05) is 11.6 Å². The van der Waals surface area contributed by atoms with Gasteiger partial charge in [-0.05, 0) is 32.0 Å². The Hall–Kier alpha value is -1.71. The molecule has 0 unspecified atom stereocenters. The highest BCUT2D eigenvalue weighted by Crippen LogP contribution is 2.14. The smallest absolute Gasteiger partial charge is 0.207 e. The highest BCUT2D eigenvalue weighted by atomic mass is 32.2. The van der Waals surface area contributed by atoms with Crippen LogP contribution in [0.5, 0.6) is 0 Å². The number of nitrogens with one attached hydrogen (secondary N) is 1. The molecule has 6 heteroatoms. The van der Waals surface area contributed by atoms with Crippen molar-refractivity contribution < 1.29 is 12.8 Å². The quantitative estimate of drug-likeness (QED) is 0.848. The van der Waals surface area contributed by atoms with Crippen molar-refractivity contribution in [1.29, 1.82) is 5.26 Å². The number of allylic oxidation sites excluding steroid dienone is 1. The summed E-state index contributed by atoms with van der Waals surface area (Å²) in [5, 5.41) is 8.64. The van der Waals surface area contributed by atoms with Gasteiger partial charge < -0.3 is 0 Å². The van der Waals surface area contributed by atoms with Crippen LogP contribution >= 0.6 is 0 Å². The van der Waals surface area contributed by atoms with Gasteiger partial charge in [0.2, 0.25) is 10.0 Å². The zero-order chi connectivity index (χ0) is 13.8. The van der Waals surface area contributed by atoms with E-state index in [-0.39, 0.29) is 17.0 Å². The lowest BCUT2D eigenvalue weighted by atomic mass is 10.2. The molecule has 1 aromatic rings. The average molecular weight is 268 g/mol. The predicted octanol–water partition coefficient (Wildman–Crippen LogP) is 1.94. The van der Waals surface area contributed by atoms with Crippen LogP contribution in [0.1, 0.15) is 19.4 Å². The third-order valence-corrected chi connectivity index (χ3v) is 3.57. The van der Waals surface area contributed by atoms with E-state index in [1.807, 2.05) is 13.8 Å². The average Bonchev–Trinajstić information content (AvgIpc) is 2.28. The molecule has 0 heterocycles. The van der Waals surface area contributed by atoms with E-state index in [2.05, 4.69) is 4.72 Å². The van der Waals surface area contributed by atoms with Crippen molar-refractivity contribution >= 4 is 10.0 Å². The minimum Gasteiger partial charge on any atom is -0.207 e. The van der Waals surface area contributed by atoms with Crippen LogP contribution in [0.3, 0.4) is 0 Å². The van der Waals surface area contributed by atoms with Gasteiger partial charge in [0.25, 0.3) is 0 Å². The van der Waals surface area contributed by atoms with Crippen LogP contribution in [0.15, 0.2) is 34.7 Å². The van der Waals surface area contributed by atoms with Gasteiger partial charge in [-0.2, -0.15) is 5.26 Å². The maximum absolute atomic E-state index is 13.1. The first kappa shape index (κ1) is 14.4. The fourth-order valence-electron chi connectivity index (χ4n) is 1.20. The van der Waals surface area contributed by atoms with E-state index in [4.69, 9.17) is 5.26 Å². The van der Waals surface area contributed by atoms with E-state index in [1.165, 1.54) is 0 Å². The molecule has 96 valence electrons. The fourth-order valence-corrected chi connectivity index (χ4v) is 2.19. The van der Waals surface area contributed by atoms with Gasteiger partial charge in [-0.15, -0.1) is 0 Å². The van der Waals surface area contributed by atoms with Crippen LogP contribution in [-0.2, 0) is 10.0 Å². The summed E-state index contributed by atoms with van der Waals surface area (Å²) in [5.41, 5.74) is 0.689. The molecular weight excluding hydrogens is 255 g/mol. The van der Waals surface area contributed by atoms with E-state index in [1.54, 1.807) is 12.1 Å². The van der Waals surface area contributed by atoms with Crippen LogP contribution in [0, 0.1) is 17.1 Å². The Balaban J connectivity index is 2.99. The Kier molecular flexibility index (Phi) is 4.59. The van der Waals surface area contributed by atoms with Crippen LogP contribution in [0.2, 0.25) is 0 Å². The van der Waals surface area contributed by atoms with Crippen LogP contribution < -0.4 is 4.72 Å². The lowest BCUT2D eigenvalue weighted by molar-refractivity contribution is 0.584. The molecule has 1 aromatic carbocycles. The summed E-state index contributed by atoms with van der Waals surface area (Å²) in [6, 6.07) is 4.71.